The second-order valence-corrected chi connectivity index (χ2v) is 19.3. The van der Waals surface area contributed by atoms with Crippen LogP contribution in [0.4, 0.5) is 43.2 Å². The summed E-state index contributed by atoms with van der Waals surface area (Å²) >= 11 is 0. The van der Waals surface area contributed by atoms with Gasteiger partial charge in [0.1, 0.15) is 39.8 Å². The Morgan fingerprint density at radius 1 is 0.512 bits per heavy atom. The number of rotatable bonds is 10. The van der Waals surface area contributed by atoms with Crippen molar-refractivity contribution in [3.63, 3.8) is 0 Å². The van der Waals surface area contributed by atoms with E-state index in [-0.39, 0.29) is 71.1 Å². The first-order chi connectivity index (χ1) is 35.8. The van der Waals surface area contributed by atoms with Crippen molar-refractivity contribution in [3.05, 3.63) is 72.0 Å². The number of amides is 4. The number of methoxy groups -OCH3 is 3. The zero-order chi connectivity index (χ0) is 60.2. The van der Waals surface area contributed by atoms with Crippen molar-refractivity contribution in [2.24, 2.45) is 35.2 Å². The number of ether oxygens (including phenoxy) is 6. The van der Waals surface area contributed by atoms with Crippen LogP contribution in [0.25, 0.3) is 0 Å². The zero-order valence-corrected chi connectivity index (χ0v) is 49.9. The van der Waals surface area contributed by atoms with Crippen LogP contribution in [0.3, 0.4) is 0 Å². The number of nitrogens with one attached hydrogen (secondary N) is 4. The Balaban J connectivity index is 0. The molecule has 0 unspecified atom stereocenters. The van der Waals surface area contributed by atoms with Crippen molar-refractivity contribution >= 4 is 107 Å². The van der Waals surface area contributed by atoms with E-state index in [9.17, 15) is 43.2 Å². The molecule has 0 bridgehead atoms. The second kappa shape index (κ2) is 32.3. The van der Waals surface area contributed by atoms with E-state index < -0.39 is 64.9 Å². The molecule has 0 spiro atoms. The number of aromatic nitrogens is 8. The highest BCUT2D eigenvalue weighted by Gasteiger charge is 2.23. The number of hydrogen-bond acceptors (Lipinski definition) is 19. The minimum atomic E-state index is -1.05. The zero-order valence-electron chi connectivity index (χ0n) is 48.3. The van der Waals surface area contributed by atoms with Gasteiger partial charge in [0.05, 0.1) is 32.7 Å². The van der Waals surface area contributed by atoms with Crippen LogP contribution in [0.15, 0.2) is 43.1 Å². The maximum atomic E-state index is 12.5. The van der Waals surface area contributed by atoms with E-state index in [1.807, 2.05) is 6.92 Å². The number of aromatic carboxylic acids is 1. The van der Waals surface area contributed by atoms with Crippen LogP contribution in [0.1, 0.15) is 135 Å². The molecule has 0 atom stereocenters. The molecule has 29 nitrogen and oxygen atoms in total. The molecule has 446 valence electrons. The van der Waals surface area contributed by atoms with E-state index in [1.165, 1.54) is 70.3 Å². The number of carboxylic acid groups (broad SMARTS) is 1. The molecule has 5 rings (SSSR count). The number of carbonyl (C=O) groups excluding carboxylic acids is 8. The monoisotopic (exact) mass is 1170 g/mol. The minimum absolute atomic E-state index is 0. The number of imidazole rings is 3. The van der Waals surface area contributed by atoms with Gasteiger partial charge in [-0.15, -0.1) is 24.8 Å². The van der Waals surface area contributed by atoms with Gasteiger partial charge in [-0.1, -0.05) is 6.92 Å². The summed E-state index contributed by atoms with van der Waals surface area (Å²) in [7, 11) is 12.0. The normalized spacial score (nSPS) is 10.3. The number of Topliss-reactive ketones (excluding diaryl/α,β-unsaturated/α-hetero) is 1. The van der Waals surface area contributed by atoms with Gasteiger partial charge >= 0.3 is 42.2 Å². The maximum absolute atomic E-state index is 12.5. The highest BCUT2D eigenvalue weighted by molar-refractivity contribution is 6.04. The van der Waals surface area contributed by atoms with Gasteiger partial charge in [0, 0.05) is 72.6 Å². The molecular weight excluding hydrogens is 1100 g/mol. The number of aryl methyl sites for hydroxylation is 5. The first-order valence-corrected chi connectivity index (χ1v) is 23.3. The van der Waals surface area contributed by atoms with Crippen molar-refractivity contribution in [1.82, 2.24) is 37.8 Å². The minimum Gasteiger partial charge on any atom is -0.477 e. The standard InChI is InChI=1S/C17H23N5O5.C11H17N3O4.C11H16N2O4.C6H9N3O2.C4H8O.2ClH/c1-17(2,3)27-16(25)18-10-7-11(21(4)8-10)14(23)20-12-9-22(5)13(19-12)15(24)26-6;1-11(2,3)18-10(16)13-7-6-14(4)8(12-7)9(15)17-5;1-11(2,3)17-10(16)12-7-5-8(9(14)15)13(4)6-7;1-9-3-4(7)8-5(9)6(10)11-2;1-3-4(2)5;;/h7-9H,1-6H3,(H,18,25)(H,20,23);6H,1-5H3,(H,13,16);5-6H,1-4H3,(H,12,16)(H,14,15);3H,7H2,1-2H3;3H2,1-2H3;2*1H. The number of esters is 3. The SMILES string of the molecule is CCC(C)=O.COC(=O)c1nc(N)cn1C.COC(=O)c1nc(NC(=O)OC(C)(C)C)cn1C.COC(=O)c1nc(NC(=O)c2cc(NC(=O)OC(C)(C)C)cn2C)cn1C.Cl.Cl.Cn1cc(NC(=O)OC(C)(C)C)cc1C(=O)O. The largest absolute Gasteiger partial charge is 0.477 e. The number of carboxylic acids is 1. The highest BCUT2D eigenvalue weighted by atomic mass is 35.5. The van der Waals surface area contributed by atoms with Crippen LogP contribution in [0.5, 0.6) is 0 Å². The molecule has 0 aliphatic rings. The fourth-order valence-corrected chi connectivity index (χ4v) is 5.52. The lowest BCUT2D eigenvalue weighted by Crippen LogP contribution is -2.27. The summed E-state index contributed by atoms with van der Waals surface area (Å²) in [6, 6.07) is 2.87. The number of carbonyl (C=O) groups is 9. The van der Waals surface area contributed by atoms with Gasteiger partial charge in [-0.3, -0.25) is 20.7 Å². The van der Waals surface area contributed by atoms with Crippen molar-refractivity contribution < 1.29 is 76.7 Å². The van der Waals surface area contributed by atoms with Gasteiger partial charge in [0.15, 0.2) is 11.6 Å². The summed E-state index contributed by atoms with van der Waals surface area (Å²) in [6.45, 7) is 19.2. The van der Waals surface area contributed by atoms with Crippen LogP contribution >= 0.6 is 24.8 Å². The molecule has 31 heteroatoms. The fraction of sp³-hybridized carbons (Fsp3) is 0.469. The average molecular weight is 1170 g/mol. The van der Waals surface area contributed by atoms with Gasteiger partial charge in [-0.2, -0.15) is 0 Å². The number of halogens is 2. The van der Waals surface area contributed by atoms with E-state index >= 15 is 0 Å². The lowest BCUT2D eigenvalue weighted by atomic mass is 10.2. The molecule has 0 radical (unpaired) electrons. The predicted octanol–water partition coefficient (Wildman–Crippen LogP) is 7.39. The first-order valence-electron chi connectivity index (χ1n) is 23.3. The molecule has 0 fully saturated rings. The van der Waals surface area contributed by atoms with Gasteiger partial charge in [-0.05, 0) is 81.4 Å². The topological polar surface area (TPSA) is 367 Å². The van der Waals surface area contributed by atoms with Gasteiger partial charge < -0.3 is 72.2 Å². The molecule has 0 aliphatic heterocycles. The summed E-state index contributed by atoms with van der Waals surface area (Å²) < 4.78 is 36.3. The molecule has 4 amide bonds. The van der Waals surface area contributed by atoms with Crippen LogP contribution < -0.4 is 27.0 Å². The molecule has 7 N–H and O–H groups in total. The summed E-state index contributed by atoms with van der Waals surface area (Å²) in [4.78, 5) is 113. The number of nitrogens with two attached hydrogens (primary N) is 1. The third-order valence-corrected chi connectivity index (χ3v) is 8.87. The molecule has 0 saturated carbocycles. The van der Waals surface area contributed by atoms with E-state index in [0.717, 1.165) is 0 Å². The Labute approximate surface area is 475 Å². The van der Waals surface area contributed by atoms with Crippen LogP contribution in [-0.4, -0.2) is 135 Å². The number of anilines is 5. The second-order valence-electron chi connectivity index (χ2n) is 19.3. The lowest BCUT2D eigenvalue weighted by molar-refractivity contribution is -0.116. The summed E-state index contributed by atoms with van der Waals surface area (Å²) in [5.74, 6) is -1.80. The van der Waals surface area contributed by atoms with Gasteiger partial charge in [-0.25, -0.2) is 48.5 Å². The third-order valence-electron chi connectivity index (χ3n) is 8.87. The van der Waals surface area contributed by atoms with Crippen molar-refractivity contribution in [2.75, 3.05) is 48.3 Å². The lowest BCUT2D eigenvalue weighted by Gasteiger charge is -2.19. The highest BCUT2D eigenvalue weighted by Crippen LogP contribution is 2.19. The van der Waals surface area contributed by atoms with E-state index in [0.29, 0.717) is 23.6 Å². The Hall–Kier alpha value is -8.60. The smallest absolute Gasteiger partial charge is 0.413 e. The molecule has 5 aromatic heterocycles. The number of hydrogen-bond donors (Lipinski definition) is 6. The molecule has 80 heavy (non-hydrogen) atoms. The summed E-state index contributed by atoms with van der Waals surface area (Å²) in [5, 5.41) is 18.9. The van der Waals surface area contributed by atoms with Gasteiger partial charge in [0.2, 0.25) is 17.5 Å². The van der Waals surface area contributed by atoms with Crippen LogP contribution in [0.2, 0.25) is 0 Å². The molecule has 5 aromatic rings. The molecule has 0 aromatic carbocycles. The van der Waals surface area contributed by atoms with Crippen molar-refractivity contribution in [1.29, 1.82) is 0 Å². The predicted molar refractivity (Wildman–Crippen MR) is 299 cm³/mol. The quantitative estimate of drug-likeness (QED) is 0.0586. The van der Waals surface area contributed by atoms with Gasteiger partial charge in [0.25, 0.3) is 5.91 Å². The Bertz CT molecular complexity index is 2920. The number of ketones is 1. The maximum Gasteiger partial charge on any atom is 0.413 e. The van der Waals surface area contributed by atoms with Crippen molar-refractivity contribution in [3.8, 4) is 0 Å². The Morgan fingerprint density at radius 2 is 0.825 bits per heavy atom. The third kappa shape index (κ3) is 26.6. The Kier molecular flexibility index (Phi) is 29.7. The fourth-order valence-electron chi connectivity index (χ4n) is 5.52. The van der Waals surface area contributed by atoms with E-state index in [4.69, 9.17) is 25.1 Å². The molecular formula is C49H75Cl2N13O16. The first kappa shape index (κ1) is 73.5. The van der Waals surface area contributed by atoms with Crippen molar-refractivity contribution in [2.45, 2.75) is 99.4 Å². The average Bonchev–Trinajstić information content (AvgIpc) is 4.12. The molecule has 5 heterocycles. The Morgan fingerprint density at radius 3 is 1.12 bits per heavy atom. The van der Waals surface area contributed by atoms with Crippen LogP contribution in [-0.2, 0) is 68.5 Å². The summed E-state index contributed by atoms with van der Waals surface area (Å²) in [6.07, 6.45) is 6.43. The van der Waals surface area contributed by atoms with E-state index in [2.05, 4.69) is 50.4 Å². The van der Waals surface area contributed by atoms with Crippen LogP contribution in [0, 0.1) is 0 Å². The molecule has 0 aliphatic carbocycles. The number of nitrogen functional groups attached to an aromatic ring is 1. The van der Waals surface area contributed by atoms with E-state index in [1.54, 1.807) is 121 Å². The number of nitrogens with zero attached hydrogens (tertiary/aromatic N) is 8. The summed E-state index contributed by atoms with van der Waals surface area (Å²) in [5.41, 5.74) is 4.70. The molecule has 0 saturated heterocycles.